The van der Waals surface area contributed by atoms with Crippen molar-refractivity contribution in [3.8, 4) is 0 Å². The van der Waals surface area contributed by atoms with Crippen LogP contribution in [0.5, 0.6) is 0 Å². The number of nitrogens with one attached hydrogen (secondary N) is 1. The van der Waals surface area contributed by atoms with Gasteiger partial charge in [0.2, 0.25) is 5.91 Å². The van der Waals surface area contributed by atoms with E-state index in [4.69, 9.17) is 0 Å². The van der Waals surface area contributed by atoms with Gasteiger partial charge in [0.05, 0.1) is 6.54 Å². The fraction of sp³-hybridized carbons (Fsp3) is 0.647. The molecular formula is C17H27N3O. The van der Waals surface area contributed by atoms with Crippen molar-refractivity contribution in [3.05, 3.63) is 30.1 Å². The van der Waals surface area contributed by atoms with Crippen molar-refractivity contribution in [3.63, 3.8) is 0 Å². The van der Waals surface area contributed by atoms with E-state index in [1.807, 2.05) is 18.3 Å². The third-order valence-corrected chi connectivity index (χ3v) is 4.33. The SMILES string of the molecule is CCC(C)NC(=O)CN1CCC[C@@H]1CCc1ccccn1. The van der Waals surface area contributed by atoms with Gasteiger partial charge in [0.1, 0.15) is 0 Å². The summed E-state index contributed by atoms with van der Waals surface area (Å²) in [4.78, 5) is 18.7. The lowest BCUT2D eigenvalue weighted by Crippen LogP contribution is -2.42. The quantitative estimate of drug-likeness (QED) is 0.838. The summed E-state index contributed by atoms with van der Waals surface area (Å²) >= 11 is 0. The molecule has 1 aromatic rings. The molecule has 0 bridgehead atoms. The van der Waals surface area contributed by atoms with Gasteiger partial charge in [-0.15, -0.1) is 0 Å². The van der Waals surface area contributed by atoms with E-state index in [0.717, 1.165) is 31.5 Å². The summed E-state index contributed by atoms with van der Waals surface area (Å²) in [6.07, 6.45) is 7.31. The van der Waals surface area contributed by atoms with Gasteiger partial charge in [-0.2, -0.15) is 0 Å². The van der Waals surface area contributed by atoms with Gasteiger partial charge in [0, 0.05) is 24.0 Å². The second-order valence-corrected chi connectivity index (χ2v) is 6.00. The van der Waals surface area contributed by atoms with Crippen molar-refractivity contribution < 1.29 is 4.79 Å². The van der Waals surface area contributed by atoms with Gasteiger partial charge in [-0.05, 0) is 57.7 Å². The molecule has 1 saturated heterocycles. The molecule has 0 aromatic carbocycles. The highest BCUT2D eigenvalue weighted by atomic mass is 16.2. The van der Waals surface area contributed by atoms with Crippen molar-refractivity contribution in [1.29, 1.82) is 0 Å². The molecule has 1 N–H and O–H groups in total. The maximum absolute atomic E-state index is 12.0. The first kappa shape index (κ1) is 16.0. The molecule has 1 unspecified atom stereocenters. The largest absolute Gasteiger partial charge is 0.353 e. The van der Waals surface area contributed by atoms with Crippen molar-refractivity contribution in [2.45, 2.75) is 58.0 Å². The molecule has 0 radical (unpaired) electrons. The molecule has 4 nitrogen and oxygen atoms in total. The molecule has 0 saturated carbocycles. The van der Waals surface area contributed by atoms with Gasteiger partial charge in [-0.3, -0.25) is 14.7 Å². The second-order valence-electron chi connectivity index (χ2n) is 6.00. The van der Waals surface area contributed by atoms with Crippen molar-refractivity contribution in [2.24, 2.45) is 0 Å². The monoisotopic (exact) mass is 289 g/mol. The number of aryl methyl sites for hydroxylation is 1. The molecule has 1 aliphatic rings. The molecule has 1 aliphatic heterocycles. The Morgan fingerprint density at radius 1 is 1.52 bits per heavy atom. The van der Waals surface area contributed by atoms with Crippen LogP contribution in [0.25, 0.3) is 0 Å². The number of hydrogen-bond donors (Lipinski definition) is 1. The first-order chi connectivity index (χ1) is 10.2. The smallest absolute Gasteiger partial charge is 0.234 e. The van der Waals surface area contributed by atoms with Gasteiger partial charge in [-0.25, -0.2) is 0 Å². The first-order valence-corrected chi connectivity index (χ1v) is 8.12. The van der Waals surface area contributed by atoms with Crippen LogP contribution < -0.4 is 5.32 Å². The lowest BCUT2D eigenvalue weighted by Gasteiger charge is -2.24. The predicted octanol–water partition coefficient (Wildman–Crippen LogP) is 2.39. The Kier molecular flexibility index (Phi) is 6.18. The number of rotatable bonds is 7. The number of carbonyl (C=O) groups is 1. The van der Waals surface area contributed by atoms with E-state index >= 15 is 0 Å². The predicted molar refractivity (Wildman–Crippen MR) is 85.0 cm³/mol. The number of likely N-dealkylation sites (tertiary alicyclic amines) is 1. The molecule has 2 heterocycles. The Morgan fingerprint density at radius 2 is 2.38 bits per heavy atom. The van der Waals surface area contributed by atoms with Gasteiger partial charge < -0.3 is 5.32 Å². The van der Waals surface area contributed by atoms with Crippen LogP contribution in [-0.2, 0) is 11.2 Å². The van der Waals surface area contributed by atoms with Gasteiger partial charge in [0.15, 0.2) is 0 Å². The normalized spacial score (nSPS) is 20.4. The number of aromatic nitrogens is 1. The zero-order valence-electron chi connectivity index (χ0n) is 13.2. The number of pyridine rings is 1. The standard InChI is InChI=1S/C17H27N3O/c1-3-14(2)19-17(21)13-20-12-6-8-16(20)10-9-15-7-4-5-11-18-15/h4-5,7,11,14,16H,3,6,8-10,12-13H2,1-2H3,(H,19,21)/t14?,16-/m1/s1. The molecule has 4 heteroatoms. The van der Waals surface area contributed by atoms with E-state index < -0.39 is 0 Å². The van der Waals surface area contributed by atoms with Crippen molar-refractivity contribution in [2.75, 3.05) is 13.1 Å². The Hall–Kier alpha value is -1.42. The average molecular weight is 289 g/mol. The summed E-state index contributed by atoms with van der Waals surface area (Å²) in [6.45, 7) is 5.73. The van der Waals surface area contributed by atoms with E-state index in [9.17, 15) is 4.79 Å². The van der Waals surface area contributed by atoms with Gasteiger partial charge >= 0.3 is 0 Å². The van der Waals surface area contributed by atoms with Crippen LogP contribution in [-0.4, -0.2) is 41.0 Å². The highest BCUT2D eigenvalue weighted by molar-refractivity contribution is 5.78. The van der Waals surface area contributed by atoms with Crippen LogP contribution in [0.1, 0.15) is 45.2 Å². The maximum Gasteiger partial charge on any atom is 0.234 e. The summed E-state index contributed by atoms with van der Waals surface area (Å²) in [5.74, 6) is 0.161. The summed E-state index contributed by atoms with van der Waals surface area (Å²) in [7, 11) is 0. The summed E-state index contributed by atoms with van der Waals surface area (Å²) in [5, 5.41) is 3.06. The highest BCUT2D eigenvalue weighted by Crippen LogP contribution is 2.21. The molecule has 1 aromatic heterocycles. The Labute approximate surface area is 127 Å². The molecule has 2 atom stereocenters. The molecule has 0 spiro atoms. The molecule has 0 aliphatic carbocycles. The zero-order valence-corrected chi connectivity index (χ0v) is 13.2. The van der Waals surface area contributed by atoms with E-state index in [-0.39, 0.29) is 11.9 Å². The summed E-state index contributed by atoms with van der Waals surface area (Å²) in [5.41, 5.74) is 1.15. The van der Waals surface area contributed by atoms with E-state index in [1.54, 1.807) is 0 Å². The lowest BCUT2D eigenvalue weighted by molar-refractivity contribution is -0.123. The van der Waals surface area contributed by atoms with Crippen LogP contribution >= 0.6 is 0 Å². The first-order valence-electron chi connectivity index (χ1n) is 8.12. The van der Waals surface area contributed by atoms with Crippen LogP contribution in [0.3, 0.4) is 0 Å². The topological polar surface area (TPSA) is 45.2 Å². The van der Waals surface area contributed by atoms with E-state index in [2.05, 4.69) is 35.1 Å². The van der Waals surface area contributed by atoms with Crippen LogP contribution in [0.15, 0.2) is 24.4 Å². The second kappa shape index (κ2) is 8.13. The van der Waals surface area contributed by atoms with Crippen LogP contribution in [0, 0.1) is 0 Å². The van der Waals surface area contributed by atoms with Crippen LogP contribution in [0.2, 0.25) is 0 Å². The van der Waals surface area contributed by atoms with Crippen molar-refractivity contribution >= 4 is 5.91 Å². The summed E-state index contributed by atoms with van der Waals surface area (Å²) in [6, 6.07) is 6.86. The number of amides is 1. The zero-order chi connectivity index (χ0) is 15.1. The summed E-state index contributed by atoms with van der Waals surface area (Å²) < 4.78 is 0. The Morgan fingerprint density at radius 3 is 3.10 bits per heavy atom. The Bertz CT molecular complexity index is 435. The molecule has 116 valence electrons. The minimum Gasteiger partial charge on any atom is -0.353 e. The molecule has 21 heavy (non-hydrogen) atoms. The molecule has 1 amide bonds. The van der Waals surface area contributed by atoms with Crippen molar-refractivity contribution in [1.82, 2.24) is 15.2 Å². The molecular weight excluding hydrogens is 262 g/mol. The fourth-order valence-electron chi connectivity index (χ4n) is 2.90. The minimum absolute atomic E-state index is 0.161. The highest BCUT2D eigenvalue weighted by Gasteiger charge is 2.26. The number of nitrogens with zero attached hydrogens (tertiary/aromatic N) is 2. The number of carbonyl (C=O) groups excluding carboxylic acids is 1. The van der Waals surface area contributed by atoms with Gasteiger partial charge in [-0.1, -0.05) is 13.0 Å². The van der Waals surface area contributed by atoms with E-state index in [1.165, 1.54) is 12.8 Å². The minimum atomic E-state index is 0.161. The third kappa shape index (κ3) is 5.12. The van der Waals surface area contributed by atoms with Crippen LogP contribution in [0.4, 0.5) is 0 Å². The third-order valence-electron chi connectivity index (χ3n) is 4.33. The van der Waals surface area contributed by atoms with E-state index in [0.29, 0.717) is 12.6 Å². The molecule has 2 rings (SSSR count). The maximum atomic E-state index is 12.0. The van der Waals surface area contributed by atoms with Gasteiger partial charge in [0.25, 0.3) is 0 Å². The average Bonchev–Trinajstić information content (AvgIpc) is 2.93. The number of hydrogen-bond acceptors (Lipinski definition) is 3. The Balaban J connectivity index is 1.79. The molecule has 1 fully saturated rings. The lowest BCUT2D eigenvalue weighted by atomic mass is 10.1. The fourth-order valence-corrected chi connectivity index (χ4v) is 2.90.